The quantitative estimate of drug-likeness (QED) is 0.821. The van der Waals surface area contributed by atoms with Crippen LogP contribution >= 0.6 is 0 Å². The van der Waals surface area contributed by atoms with Crippen LogP contribution in [0.15, 0.2) is 6.07 Å². The summed E-state index contributed by atoms with van der Waals surface area (Å²) in [4.78, 5) is 13.8. The number of nitrogens with zero attached hydrogens (tertiary/aromatic N) is 1. The van der Waals surface area contributed by atoms with Crippen LogP contribution in [-0.2, 0) is 4.79 Å². The van der Waals surface area contributed by atoms with Gasteiger partial charge >= 0.3 is 0 Å². The number of hydrogen-bond donors (Lipinski definition) is 0. The lowest BCUT2D eigenvalue weighted by Gasteiger charge is -2.27. The molecule has 0 radical (unpaired) electrons. The number of likely N-dealkylation sites (N-methyl/N-ethyl adjacent to an activating group) is 1. The molecule has 0 aliphatic heterocycles. The summed E-state index contributed by atoms with van der Waals surface area (Å²) in [6, 6.07) is 1.87. The number of aryl methyl sites for hydroxylation is 2. The van der Waals surface area contributed by atoms with Crippen LogP contribution in [0.3, 0.4) is 0 Å². The first kappa shape index (κ1) is 14.7. The van der Waals surface area contributed by atoms with E-state index in [1.54, 1.807) is 14.0 Å². The predicted octanol–water partition coefficient (Wildman–Crippen LogP) is 2.81. The van der Waals surface area contributed by atoms with E-state index in [4.69, 9.17) is 4.74 Å². The second-order valence-corrected chi connectivity index (χ2v) is 5.06. The maximum absolute atomic E-state index is 11.9. The van der Waals surface area contributed by atoms with Crippen LogP contribution in [0.1, 0.15) is 35.2 Å². The van der Waals surface area contributed by atoms with Crippen molar-refractivity contribution in [3.63, 3.8) is 0 Å². The van der Waals surface area contributed by atoms with Crippen molar-refractivity contribution in [2.75, 3.05) is 21.2 Å². The number of benzene rings is 1. The molecule has 1 aromatic rings. The fraction of sp³-hybridized carbons (Fsp3) is 0.533. The molecule has 0 spiro atoms. The van der Waals surface area contributed by atoms with Gasteiger partial charge in [0.05, 0.1) is 13.2 Å². The Bertz CT molecular complexity index is 464. The Morgan fingerprint density at radius 2 is 1.78 bits per heavy atom. The molecule has 1 aromatic carbocycles. The van der Waals surface area contributed by atoms with E-state index in [0.717, 1.165) is 22.4 Å². The van der Waals surface area contributed by atoms with Crippen LogP contribution in [0.4, 0.5) is 0 Å². The number of rotatable bonds is 4. The molecule has 0 aliphatic rings. The highest BCUT2D eigenvalue weighted by atomic mass is 16.5. The highest BCUT2D eigenvalue weighted by Gasteiger charge is 2.26. The second kappa shape index (κ2) is 5.53. The first-order chi connectivity index (χ1) is 8.31. The van der Waals surface area contributed by atoms with Crippen LogP contribution < -0.4 is 4.74 Å². The van der Waals surface area contributed by atoms with Gasteiger partial charge in [0, 0.05) is 5.56 Å². The molecule has 0 saturated carbocycles. The second-order valence-electron chi connectivity index (χ2n) is 5.06. The van der Waals surface area contributed by atoms with E-state index in [2.05, 4.69) is 13.0 Å². The smallest absolute Gasteiger partial charge is 0.151 e. The van der Waals surface area contributed by atoms with Crippen molar-refractivity contribution < 1.29 is 9.53 Å². The first-order valence-corrected chi connectivity index (χ1v) is 6.12. The zero-order chi connectivity index (χ0) is 14.0. The van der Waals surface area contributed by atoms with Crippen LogP contribution in [0.5, 0.6) is 5.75 Å². The van der Waals surface area contributed by atoms with E-state index in [1.165, 1.54) is 5.56 Å². The van der Waals surface area contributed by atoms with E-state index in [1.807, 2.05) is 32.8 Å². The maximum atomic E-state index is 11.9. The number of carbonyl (C=O) groups is 1. The minimum absolute atomic E-state index is 0.129. The zero-order valence-electron chi connectivity index (χ0n) is 12.4. The third-order valence-corrected chi connectivity index (χ3v) is 3.41. The monoisotopic (exact) mass is 249 g/mol. The average Bonchev–Trinajstić information content (AvgIpc) is 2.25. The fourth-order valence-corrected chi connectivity index (χ4v) is 2.50. The van der Waals surface area contributed by atoms with Gasteiger partial charge < -0.3 is 4.74 Å². The normalized spacial score (nSPS) is 12.7. The third kappa shape index (κ3) is 2.56. The highest BCUT2D eigenvalue weighted by Crippen LogP contribution is 2.36. The molecule has 18 heavy (non-hydrogen) atoms. The van der Waals surface area contributed by atoms with Crippen LogP contribution in [0, 0.1) is 20.8 Å². The van der Waals surface area contributed by atoms with Gasteiger partial charge in [-0.15, -0.1) is 0 Å². The molecule has 100 valence electrons. The number of carbonyl (C=O) groups excluding carboxylic acids is 1. The number of Topliss-reactive ketones (excluding diaryl/α,β-unsaturated/α-hetero) is 1. The Kier molecular flexibility index (Phi) is 4.52. The summed E-state index contributed by atoms with van der Waals surface area (Å²) in [7, 11) is 5.50. The first-order valence-electron chi connectivity index (χ1n) is 6.12. The largest absolute Gasteiger partial charge is 0.496 e. The number of hydrogen-bond acceptors (Lipinski definition) is 3. The number of ether oxygens (including phenoxy) is 1. The topological polar surface area (TPSA) is 29.5 Å². The van der Waals surface area contributed by atoms with Crippen molar-refractivity contribution in [3.05, 3.63) is 28.3 Å². The predicted molar refractivity (Wildman–Crippen MR) is 74.3 cm³/mol. The Hall–Kier alpha value is -1.35. The number of ketones is 1. The lowest BCUT2D eigenvalue weighted by Crippen LogP contribution is -2.27. The van der Waals surface area contributed by atoms with E-state index in [9.17, 15) is 4.79 Å². The van der Waals surface area contributed by atoms with Crippen molar-refractivity contribution in [2.24, 2.45) is 0 Å². The summed E-state index contributed by atoms with van der Waals surface area (Å²) in [6.07, 6.45) is 0. The van der Waals surface area contributed by atoms with Crippen LogP contribution in [-0.4, -0.2) is 31.9 Å². The Balaban J connectivity index is 3.56. The third-order valence-electron chi connectivity index (χ3n) is 3.41. The van der Waals surface area contributed by atoms with Gasteiger partial charge in [0.25, 0.3) is 0 Å². The summed E-state index contributed by atoms with van der Waals surface area (Å²) in [5.74, 6) is 0.964. The molecule has 0 saturated heterocycles. The van der Waals surface area contributed by atoms with E-state index in [-0.39, 0.29) is 11.8 Å². The van der Waals surface area contributed by atoms with E-state index in [0.29, 0.717) is 0 Å². The SMILES string of the molecule is COc1c(C)c(C)cc(C)c1C(C(C)=O)N(C)C. The lowest BCUT2D eigenvalue weighted by molar-refractivity contribution is -0.121. The zero-order valence-corrected chi connectivity index (χ0v) is 12.4. The molecule has 3 heteroatoms. The van der Waals surface area contributed by atoms with Crippen LogP contribution in [0.25, 0.3) is 0 Å². The Labute approximate surface area is 110 Å². The highest BCUT2D eigenvalue weighted by molar-refractivity contribution is 5.84. The molecule has 1 unspecified atom stereocenters. The molecule has 0 heterocycles. The van der Waals surface area contributed by atoms with Crippen LogP contribution in [0.2, 0.25) is 0 Å². The minimum Gasteiger partial charge on any atom is -0.496 e. The molecule has 0 amide bonds. The van der Waals surface area contributed by atoms with Crippen molar-refractivity contribution >= 4 is 5.78 Å². The van der Waals surface area contributed by atoms with Crippen molar-refractivity contribution in [1.29, 1.82) is 0 Å². The van der Waals surface area contributed by atoms with E-state index < -0.39 is 0 Å². The summed E-state index contributed by atoms with van der Waals surface area (Å²) < 4.78 is 5.54. The average molecular weight is 249 g/mol. The molecule has 3 nitrogen and oxygen atoms in total. The molecular formula is C15H23NO2. The van der Waals surface area contributed by atoms with E-state index >= 15 is 0 Å². The van der Waals surface area contributed by atoms with Gasteiger partial charge in [0.1, 0.15) is 5.75 Å². The van der Waals surface area contributed by atoms with Gasteiger partial charge in [-0.1, -0.05) is 6.07 Å². The maximum Gasteiger partial charge on any atom is 0.151 e. The molecule has 0 N–H and O–H groups in total. The molecule has 1 atom stereocenters. The van der Waals surface area contributed by atoms with Gasteiger partial charge in [0.15, 0.2) is 5.78 Å². The molecule has 0 aliphatic carbocycles. The summed E-state index contributed by atoms with van der Waals surface area (Å²) in [6.45, 7) is 7.75. The molecule has 0 fully saturated rings. The fourth-order valence-electron chi connectivity index (χ4n) is 2.50. The van der Waals surface area contributed by atoms with Gasteiger partial charge in [-0.2, -0.15) is 0 Å². The summed E-state index contributed by atoms with van der Waals surface area (Å²) >= 11 is 0. The lowest BCUT2D eigenvalue weighted by atomic mass is 9.92. The minimum atomic E-state index is -0.251. The Morgan fingerprint density at radius 1 is 1.22 bits per heavy atom. The van der Waals surface area contributed by atoms with Crippen molar-refractivity contribution in [3.8, 4) is 5.75 Å². The number of methoxy groups -OCH3 is 1. The van der Waals surface area contributed by atoms with Gasteiger partial charge in [0.2, 0.25) is 0 Å². The summed E-state index contributed by atoms with van der Waals surface area (Å²) in [5.41, 5.74) is 4.38. The van der Waals surface area contributed by atoms with Gasteiger partial charge in [-0.3, -0.25) is 9.69 Å². The molecule has 0 aromatic heterocycles. The Morgan fingerprint density at radius 3 is 2.17 bits per heavy atom. The van der Waals surface area contributed by atoms with Crippen molar-refractivity contribution in [2.45, 2.75) is 33.7 Å². The molecular weight excluding hydrogens is 226 g/mol. The van der Waals surface area contributed by atoms with Crippen molar-refractivity contribution in [1.82, 2.24) is 4.90 Å². The standard InChI is InChI=1S/C15H23NO2/c1-9-8-10(2)13(15(18-7)11(9)3)14(12(4)17)16(5)6/h8,14H,1-7H3. The molecule has 0 bridgehead atoms. The van der Waals surface area contributed by atoms with Gasteiger partial charge in [-0.25, -0.2) is 0 Å². The summed E-state index contributed by atoms with van der Waals surface area (Å²) in [5, 5.41) is 0. The van der Waals surface area contributed by atoms with Gasteiger partial charge in [-0.05, 0) is 58.5 Å². The molecule has 1 rings (SSSR count).